The van der Waals surface area contributed by atoms with E-state index in [-0.39, 0.29) is 10.4 Å². The van der Waals surface area contributed by atoms with Gasteiger partial charge in [-0.25, -0.2) is 0 Å². The van der Waals surface area contributed by atoms with Crippen LogP contribution in [0.15, 0.2) is 24.3 Å². The summed E-state index contributed by atoms with van der Waals surface area (Å²) in [6.45, 7) is 1.44. The topological polar surface area (TPSA) is 27.7 Å². The third-order valence-corrected chi connectivity index (χ3v) is 6.92. The second-order valence-corrected chi connectivity index (χ2v) is 8.07. The first kappa shape index (κ1) is 14.6. The highest BCUT2D eigenvalue weighted by Crippen LogP contribution is 2.49. The molecule has 0 radical (unpaired) electrons. The van der Waals surface area contributed by atoms with Crippen LogP contribution in [0.2, 0.25) is 0 Å². The lowest BCUT2D eigenvalue weighted by molar-refractivity contribution is -0.0491. The van der Waals surface area contributed by atoms with Gasteiger partial charge in [0.2, 0.25) is 0 Å². The molecule has 1 aromatic carbocycles. The summed E-state index contributed by atoms with van der Waals surface area (Å²) in [5.74, 6) is 3.28. The summed E-state index contributed by atoms with van der Waals surface area (Å²) in [6.07, 6.45) is 2.16. The first-order valence-electron chi connectivity index (χ1n) is 6.96. The molecule has 2 aliphatic rings. The Morgan fingerprint density at radius 1 is 1.15 bits per heavy atom. The van der Waals surface area contributed by atoms with E-state index in [1.165, 1.54) is 23.5 Å². The van der Waals surface area contributed by atoms with Gasteiger partial charge < -0.3 is 14.2 Å². The standard InChI is InChI=1S/C15H20O3S2/c1-16-13-5-3-12(4-6-13)11-15(14-17-7-8-18-14)19-9-2-10-20-15/h3-6,14H,2,7-11H2,1H3. The summed E-state index contributed by atoms with van der Waals surface area (Å²) in [5, 5.41) is 0. The number of hydrogen-bond acceptors (Lipinski definition) is 5. The minimum absolute atomic E-state index is 0.00331. The molecular weight excluding hydrogens is 292 g/mol. The van der Waals surface area contributed by atoms with Gasteiger partial charge >= 0.3 is 0 Å². The Balaban J connectivity index is 1.77. The molecule has 0 aromatic heterocycles. The van der Waals surface area contributed by atoms with Crippen molar-refractivity contribution in [1.82, 2.24) is 0 Å². The molecule has 0 bridgehead atoms. The first-order chi connectivity index (χ1) is 9.82. The molecule has 0 amide bonds. The van der Waals surface area contributed by atoms with Crippen LogP contribution in [-0.2, 0) is 15.9 Å². The first-order valence-corrected chi connectivity index (χ1v) is 8.94. The van der Waals surface area contributed by atoms with Crippen LogP contribution in [0.5, 0.6) is 5.75 Å². The Morgan fingerprint density at radius 3 is 2.40 bits per heavy atom. The lowest BCUT2D eigenvalue weighted by Gasteiger charge is -2.39. The average molecular weight is 312 g/mol. The van der Waals surface area contributed by atoms with E-state index in [0.717, 1.165) is 25.4 Å². The number of hydrogen-bond donors (Lipinski definition) is 0. The van der Waals surface area contributed by atoms with Gasteiger partial charge in [0.25, 0.3) is 0 Å². The van der Waals surface area contributed by atoms with Gasteiger partial charge in [-0.2, -0.15) is 0 Å². The van der Waals surface area contributed by atoms with Crippen LogP contribution in [0.3, 0.4) is 0 Å². The highest BCUT2D eigenvalue weighted by Gasteiger charge is 2.45. The highest BCUT2D eigenvalue weighted by atomic mass is 32.2. The zero-order valence-electron chi connectivity index (χ0n) is 11.7. The maximum absolute atomic E-state index is 5.82. The van der Waals surface area contributed by atoms with E-state index in [0.29, 0.717) is 0 Å². The molecule has 2 aliphatic heterocycles. The van der Waals surface area contributed by atoms with Crippen molar-refractivity contribution in [3.05, 3.63) is 29.8 Å². The van der Waals surface area contributed by atoms with Crippen LogP contribution in [0.4, 0.5) is 0 Å². The van der Waals surface area contributed by atoms with Gasteiger partial charge in [-0.1, -0.05) is 12.1 Å². The monoisotopic (exact) mass is 312 g/mol. The van der Waals surface area contributed by atoms with Crippen molar-refractivity contribution < 1.29 is 14.2 Å². The van der Waals surface area contributed by atoms with Crippen molar-refractivity contribution in [1.29, 1.82) is 0 Å². The molecule has 0 aliphatic carbocycles. The zero-order valence-corrected chi connectivity index (χ0v) is 13.3. The van der Waals surface area contributed by atoms with Crippen LogP contribution >= 0.6 is 23.5 Å². The van der Waals surface area contributed by atoms with Gasteiger partial charge in [0, 0.05) is 6.42 Å². The van der Waals surface area contributed by atoms with E-state index < -0.39 is 0 Å². The molecule has 3 nitrogen and oxygen atoms in total. The molecule has 20 heavy (non-hydrogen) atoms. The summed E-state index contributed by atoms with van der Waals surface area (Å²) in [6, 6.07) is 8.34. The predicted octanol–water partition coefficient (Wildman–Crippen LogP) is 3.18. The summed E-state index contributed by atoms with van der Waals surface area (Å²) in [7, 11) is 1.70. The minimum Gasteiger partial charge on any atom is -0.497 e. The maximum Gasteiger partial charge on any atom is 0.181 e. The van der Waals surface area contributed by atoms with Gasteiger partial charge in [0.15, 0.2) is 6.29 Å². The smallest absolute Gasteiger partial charge is 0.181 e. The molecule has 2 fully saturated rings. The van der Waals surface area contributed by atoms with Crippen LogP contribution < -0.4 is 4.74 Å². The molecule has 2 heterocycles. The second kappa shape index (κ2) is 6.60. The number of methoxy groups -OCH3 is 1. The van der Waals surface area contributed by atoms with Crippen LogP contribution in [-0.4, -0.2) is 42.2 Å². The number of thioether (sulfide) groups is 2. The Kier molecular flexibility index (Phi) is 4.81. The summed E-state index contributed by atoms with van der Waals surface area (Å²) in [5.41, 5.74) is 1.31. The van der Waals surface area contributed by atoms with Crippen molar-refractivity contribution in [2.45, 2.75) is 23.2 Å². The van der Waals surface area contributed by atoms with Crippen LogP contribution in [0, 0.1) is 0 Å². The Labute approximate surface area is 128 Å². The average Bonchev–Trinajstić information content (AvgIpc) is 3.04. The largest absolute Gasteiger partial charge is 0.497 e. The summed E-state index contributed by atoms with van der Waals surface area (Å²) >= 11 is 3.99. The molecule has 0 unspecified atom stereocenters. The fourth-order valence-electron chi connectivity index (χ4n) is 2.55. The van der Waals surface area contributed by atoms with Crippen molar-refractivity contribution in [2.24, 2.45) is 0 Å². The molecule has 0 spiro atoms. The van der Waals surface area contributed by atoms with Crippen molar-refractivity contribution in [3.63, 3.8) is 0 Å². The molecule has 110 valence electrons. The highest BCUT2D eigenvalue weighted by molar-refractivity contribution is 8.18. The van der Waals surface area contributed by atoms with Crippen molar-refractivity contribution in [3.8, 4) is 5.75 Å². The van der Waals surface area contributed by atoms with Gasteiger partial charge in [-0.3, -0.25) is 0 Å². The Bertz CT molecular complexity index is 423. The van der Waals surface area contributed by atoms with Crippen molar-refractivity contribution in [2.75, 3.05) is 31.8 Å². The molecule has 2 saturated heterocycles. The Morgan fingerprint density at radius 2 is 1.80 bits per heavy atom. The zero-order chi connectivity index (χ0) is 13.8. The lowest BCUT2D eigenvalue weighted by Crippen LogP contribution is -2.41. The van der Waals surface area contributed by atoms with E-state index in [9.17, 15) is 0 Å². The van der Waals surface area contributed by atoms with Crippen LogP contribution in [0.25, 0.3) is 0 Å². The summed E-state index contributed by atoms with van der Waals surface area (Å²) in [4.78, 5) is 0. The van der Waals surface area contributed by atoms with Gasteiger partial charge in [0.1, 0.15) is 9.83 Å². The van der Waals surface area contributed by atoms with Gasteiger partial charge in [-0.05, 0) is 35.6 Å². The molecule has 0 atom stereocenters. The van der Waals surface area contributed by atoms with E-state index in [2.05, 4.69) is 12.1 Å². The summed E-state index contributed by atoms with van der Waals surface area (Å²) < 4.78 is 16.9. The maximum atomic E-state index is 5.82. The molecule has 1 aromatic rings. The van der Waals surface area contributed by atoms with Crippen molar-refractivity contribution >= 4 is 23.5 Å². The molecule has 0 N–H and O–H groups in total. The fraction of sp³-hybridized carbons (Fsp3) is 0.600. The number of benzene rings is 1. The molecule has 0 saturated carbocycles. The third kappa shape index (κ3) is 3.11. The quantitative estimate of drug-likeness (QED) is 0.851. The van der Waals surface area contributed by atoms with E-state index in [1.54, 1.807) is 7.11 Å². The normalized spacial score (nSPS) is 22.9. The van der Waals surface area contributed by atoms with E-state index >= 15 is 0 Å². The lowest BCUT2D eigenvalue weighted by atomic mass is 10.1. The Hall–Kier alpha value is -0.360. The van der Waals surface area contributed by atoms with Gasteiger partial charge in [0.05, 0.1) is 20.3 Å². The predicted molar refractivity (Wildman–Crippen MR) is 84.7 cm³/mol. The van der Waals surface area contributed by atoms with Gasteiger partial charge in [-0.15, -0.1) is 23.5 Å². The SMILES string of the molecule is COc1ccc(CC2(C3OCCO3)SCCCS2)cc1. The number of rotatable bonds is 4. The fourth-order valence-corrected chi connectivity index (χ4v) is 5.92. The van der Waals surface area contributed by atoms with E-state index in [1.807, 2.05) is 35.7 Å². The third-order valence-electron chi connectivity index (χ3n) is 3.57. The number of ether oxygens (including phenoxy) is 3. The molecule has 3 rings (SSSR count). The molecular formula is C15H20O3S2. The van der Waals surface area contributed by atoms with Crippen LogP contribution in [0.1, 0.15) is 12.0 Å². The molecule has 5 heteroatoms. The minimum atomic E-state index is -0.0834. The van der Waals surface area contributed by atoms with E-state index in [4.69, 9.17) is 14.2 Å². The second-order valence-electron chi connectivity index (χ2n) is 4.96.